The van der Waals surface area contributed by atoms with Gasteiger partial charge in [-0.15, -0.1) is 11.3 Å². The fourth-order valence-electron chi connectivity index (χ4n) is 1.73. The molecule has 6 heteroatoms. The monoisotopic (exact) mass is 302 g/mol. The second-order valence-corrected chi connectivity index (χ2v) is 8.49. The summed E-state index contributed by atoms with van der Waals surface area (Å²) in [7, 11) is -3.32. The van der Waals surface area contributed by atoms with Gasteiger partial charge in [-0.2, -0.15) is 0 Å². The Hall–Kier alpha value is -0.430. The largest absolute Gasteiger partial charge is 0.313 e. The topological polar surface area (TPSA) is 58.2 Å². The van der Waals surface area contributed by atoms with Crippen LogP contribution in [0.25, 0.3) is 0 Å². The van der Waals surface area contributed by atoms with Crippen molar-refractivity contribution < 1.29 is 8.42 Å². The summed E-state index contributed by atoms with van der Waals surface area (Å²) in [5.74, 6) is 0. The Morgan fingerprint density at radius 1 is 1.42 bits per heavy atom. The van der Waals surface area contributed by atoms with Crippen LogP contribution in [-0.2, 0) is 16.6 Å². The fourth-order valence-corrected chi connectivity index (χ4v) is 4.18. The molecule has 1 heterocycles. The van der Waals surface area contributed by atoms with Crippen LogP contribution in [0.3, 0.4) is 0 Å². The highest BCUT2D eigenvalue weighted by Gasteiger charge is 2.38. The van der Waals surface area contributed by atoms with E-state index in [9.17, 15) is 8.42 Å². The number of hydrogen-bond donors (Lipinski definition) is 2. The van der Waals surface area contributed by atoms with Gasteiger partial charge in [0.1, 0.15) is 4.21 Å². The third kappa shape index (κ3) is 4.27. The van der Waals surface area contributed by atoms with Crippen molar-refractivity contribution in [3.63, 3.8) is 0 Å². The van der Waals surface area contributed by atoms with Crippen molar-refractivity contribution in [2.45, 2.75) is 43.9 Å². The smallest absolute Gasteiger partial charge is 0.250 e. The molecule has 2 rings (SSSR count). The highest BCUT2D eigenvalue weighted by atomic mass is 32.2. The van der Waals surface area contributed by atoms with Crippen molar-refractivity contribution in [3.05, 3.63) is 17.0 Å². The lowest BCUT2D eigenvalue weighted by atomic mass is 10.2. The molecule has 1 aromatic heterocycles. The summed E-state index contributed by atoms with van der Waals surface area (Å²) < 4.78 is 27.4. The lowest BCUT2D eigenvalue weighted by molar-refractivity contribution is 0.531. The van der Waals surface area contributed by atoms with Crippen LogP contribution in [0.2, 0.25) is 0 Å². The molecule has 2 N–H and O–H groups in total. The zero-order valence-electron chi connectivity index (χ0n) is 11.5. The highest BCUT2D eigenvalue weighted by Crippen LogP contribution is 2.44. The van der Waals surface area contributed by atoms with E-state index in [2.05, 4.69) is 23.9 Å². The molecule has 0 saturated heterocycles. The SMILES string of the molecule is CCCNCc1csc(S(=O)(=O)NCC2(C)CC2)c1. The summed E-state index contributed by atoms with van der Waals surface area (Å²) in [6.45, 7) is 6.46. The Morgan fingerprint density at radius 2 is 2.16 bits per heavy atom. The molecule has 1 aromatic rings. The number of nitrogens with one attached hydrogen (secondary N) is 2. The third-order valence-electron chi connectivity index (χ3n) is 3.44. The van der Waals surface area contributed by atoms with Gasteiger partial charge in [0, 0.05) is 13.1 Å². The summed E-state index contributed by atoms with van der Waals surface area (Å²) in [4.78, 5) is 0. The standard InChI is InChI=1S/C13H22N2O2S2/c1-3-6-14-8-11-7-12(18-9-11)19(16,17)15-10-13(2)4-5-13/h7,9,14-15H,3-6,8,10H2,1-2H3. The summed E-state index contributed by atoms with van der Waals surface area (Å²) in [6.07, 6.45) is 3.31. The van der Waals surface area contributed by atoms with E-state index < -0.39 is 10.0 Å². The Kier molecular flexibility index (Phi) is 4.66. The van der Waals surface area contributed by atoms with E-state index >= 15 is 0 Å². The summed E-state index contributed by atoms with van der Waals surface area (Å²) in [6, 6.07) is 1.77. The summed E-state index contributed by atoms with van der Waals surface area (Å²) >= 11 is 1.30. The van der Waals surface area contributed by atoms with E-state index in [-0.39, 0.29) is 5.41 Å². The fraction of sp³-hybridized carbons (Fsp3) is 0.692. The second kappa shape index (κ2) is 5.91. The molecule has 4 nitrogen and oxygen atoms in total. The first kappa shape index (κ1) is 15.0. The van der Waals surface area contributed by atoms with Crippen LogP contribution in [0.4, 0.5) is 0 Å². The molecule has 0 atom stereocenters. The van der Waals surface area contributed by atoms with Crippen LogP contribution in [0, 0.1) is 5.41 Å². The van der Waals surface area contributed by atoms with E-state index in [0.717, 1.165) is 37.9 Å². The summed E-state index contributed by atoms with van der Waals surface area (Å²) in [5, 5.41) is 5.19. The molecule has 0 amide bonds. The normalized spacial score (nSPS) is 17.6. The minimum Gasteiger partial charge on any atom is -0.313 e. The van der Waals surface area contributed by atoms with Gasteiger partial charge < -0.3 is 5.32 Å². The molecule has 0 aliphatic heterocycles. The van der Waals surface area contributed by atoms with Gasteiger partial charge in [-0.25, -0.2) is 13.1 Å². The third-order valence-corrected chi connectivity index (χ3v) is 6.33. The molecule has 0 unspecified atom stereocenters. The lowest BCUT2D eigenvalue weighted by Gasteiger charge is -2.09. The van der Waals surface area contributed by atoms with Crippen LogP contribution in [-0.4, -0.2) is 21.5 Å². The Morgan fingerprint density at radius 3 is 2.79 bits per heavy atom. The Balaban J connectivity index is 1.92. The van der Waals surface area contributed by atoms with Gasteiger partial charge in [0.25, 0.3) is 0 Å². The molecule has 0 radical (unpaired) electrons. The van der Waals surface area contributed by atoms with E-state index in [1.54, 1.807) is 6.07 Å². The van der Waals surface area contributed by atoms with E-state index in [1.807, 2.05) is 5.38 Å². The van der Waals surface area contributed by atoms with E-state index in [4.69, 9.17) is 0 Å². The number of sulfonamides is 1. The lowest BCUT2D eigenvalue weighted by Crippen LogP contribution is -2.28. The van der Waals surface area contributed by atoms with E-state index in [1.165, 1.54) is 11.3 Å². The zero-order chi connectivity index (χ0) is 13.9. The van der Waals surface area contributed by atoms with Gasteiger partial charge in [-0.3, -0.25) is 0 Å². The van der Waals surface area contributed by atoms with Crippen LogP contribution < -0.4 is 10.0 Å². The van der Waals surface area contributed by atoms with Crippen LogP contribution in [0.1, 0.15) is 38.7 Å². The summed E-state index contributed by atoms with van der Waals surface area (Å²) in [5.41, 5.74) is 1.23. The van der Waals surface area contributed by atoms with Crippen LogP contribution in [0.5, 0.6) is 0 Å². The van der Waals surface area contributed by atoms with Gasteiger partial charge in [0.2, 0.25) is 10.0 Å². The maximum absolute atomic E-state index is 12.1. The van der Waals surface area contributed by atoms with Crippen molar-refractivity contribution in [2.75, 3.05) is 13.1 Å². The molecule has 0 bridgehead atoms. The second-order valence-electron chi connectivity index (χ2n) is 5.59. The molecular formula is C13H22N2O2S2. The van der Waals surface area contributed by atoms with Crippen molar-refractivity contribution in [1.82, 2.24) is 10.0 Å². The van der Waals surface area contributed by atoms with Gasteiger partial charge in [-0.05, 0) is 48.2 Å². The highest BCUT2D eigenvalue weighted by molar-refractivity contribution is 7.91. The Bertz CT molecular complexity index is 519. The van der Waals surface area contributed by atoms with Crippen molar-refractivity contribution >= 4 is 21.4 Å². The molecule has 19 heavy (non-hydrogen) atoms. The molecule has 1 fully saturated rings. The molecule has 1 aliphatic rings. The Labute approximate surface area is 119 Å². The number of rotatable bonds is 8. The average molecular weight is 302 g/mol. The molecular weight excluding hydrogens is 280 g/mol. The first-order valence-corrected chi connectivity index (χ1v) is 9.09. The number of hydrogen-bond acceptors (Lipinski definition) is 4. The van der Waals surface area contributed by atoms with Gasteiger partial charge in [0.05, 0.1) is 0 Å². The molecule has 108 valence electrons. The maximum atomic E-state index is 12.1. The molecule has 0 aromatic carbocycles. The van der Waals surface area contributed by atoms with E-state index in [0.29, 0.717) is 10.8 Å². The quantitative estimate of drug-likeness (QED) is 0.725. The van der Waals surface area contributed by atoms with Crippen LogP contribution >= 0.6 is 11.3 Å². The molecule has 1 aliphatic carbocycles. The molecule has 1 saturated carbocycles. The first-order chi connectivity index (χ1) is 8.95. The van der Waals surface area contributed by atoms with Gasteiger partial charge in [0.15, 0.2) is 0 Å². The molecule has 0 spiro atoms. The van der Waals surface area contributed by atoms with Crippen LogP contribution in [0.15, 0.2) is 15.7 Å². The predicted molar refractivity (Wildman–Crippen MR) is 78.8 cm³/mol. The van der Waals surface area contributed by atoms with Gasteiger partial charge in [-0.1, -0.05) is 13.8 Å². The van der Waals surface area contributed by atoms with Crippen molar-refractivity contribution in [2.24, 2.45) is 5.41 Å². The minimum atomic E-state index is -3.32. The zero-order valence-corrected chi connectivity index (χ0v) is 13.2. The van der Waals surface area contributed by atoms with Crippen molar-refractivity contribution in [3.8, 4) is 0 Å². The van der Waals surface area contributed by atoms with Crippen molar-refractivity contribution in [1.29, 1.82) is 0 Å². The van der Waals surface area contributed by atoms with Gasteiger partial charge >= 0.3 is 0 Å². The first-order valence-electron chi connectivity index (χ1n) is 6.73. The number of thiophene rings is 1. The maximum Gasteiger partial charge on any atom is 0.250 e. The minimum absolute atomic E-state index is 0.190. The average Bonchev–Trinajstić information content (AvgIpc) is 2.91. The predicted octanol–water partition coefficient (Wildman–Crippen LogP) is 2.33.